The molecule has 2 aromatic heterocycles. The largest absolute Gasteiger partial charge is 0.508 e. The van der Waals surface area contributed by atoms with E-state index in [0.717, 1.165) is 33.7 Å². The van der Waals surface area contributed by atoms with Crippen molar-refractivity contribution in [1.82, 2.24) is 14.6 Å². The molecule has 0 fully saturated rings. The second-order valence-electron chi connectivity index (χ2n) is 6.41. The van der Waals surface area contributed by atoms with Gasteiger partial charge in [-0.3, -0.25) is 4.79 Å². The first-order valence-corrected chi connectivity index (χ1v) is 7.89. The molecule has 1 aliphatic rings. The molecule has 0 saturated heterocycles. The minimum absolute atomic E-state index is 0.0699. The third-order valence-electron chi connectivity index (χ3n) is 4.59. The highest BCUT2D eigenvalue weighted by Gasteiger charge is 2.30. The number of nitrogens with zero attached hydrogens (tertiary/aromatic N) is 3. The van der Waals surface area contributed by atoms with Gasteiger partial charge in [0.05, 0.1) is 6.20 Å². The molecular weight excluding hydrogens is 304 g/mol. The van der Waals surface area contributed by atoms with Crippen molar-refractivity contribution in [2.45, 2.75) is 33.1 Å². The Bertz CT molecular complexity index is 990. The molecule has 1 aromatic carbocycles. The van der Waals surface area contributed by atoms with Gasteiger partial charge < -0.3 is 10.4 Å². The summed E-state index contributed by atoms with van der Waals surface area (Å²) in [5, 5.41) is 17.2. The number of phenols is 1. The van der Waals surface area contributed by atoms with Crippen LogP contribution >= 0.6 is 0 Å². The van der Waals surface area contributed by atoms with Crippen LogP contribution in [0.15, 0.2) is 24.4 Å². The van der Waals surface area contributed by atoms with Crippen molar-refractivity contribution < 1.29 is 9.90 Å². The van der Waals surface area contributed by atoms with Crippen molar-refractivity contribution in [3.63, 3.8) is 0 Å². The number of aryl methyl sites for hydroxylation is 3. The van der Waals surface area contributed by atoms with Crippen molar-refractivity contribution >= 4 is 17.2 Å². The fourth-order valence-corrected chi connectivity index (χ4v) is 3.42. The molecule has 4 rings (SSSR count). The molecule has 1 amide bonds. The second kappa shape index (κ2) is 5.06. The number of amides is 1. The number of nitrogens with one attached hydrogen (secondary N) is 1. The maximum Gasteiger partial charge on any atom is 0.225 e. The normalized spacial score (nSPS) is 17.0. The number of aromatic hydroxyl groups is 1. The van der Waals surface area contributed by atoms with Crippen molar-refractivity contribution in [3.8, 4) is 5.75 Å². The van der Waals surface area contributed by atoms with E-state index in [1.54, 1.807) is 12.3 Å². The van der Waals surface area contributed by atoms with E-state index >= 15 is 0 Å². The van der Waals surface area contributed by atoms with E-state index in [1.165, 1.54) is 0 Å². The van der Waals surface area contributed by atoms with Crippen LogP contribution in [0.2, 0.25) is 0 Å². The molecule has 1 unspecified atom stereocenters. The lowest BCUT2D eigenvalue weighted by Gasteiger charge is -2.26. The Hall–Kier alpha value is -2.89. The lowest BCUT2D eigenvalue weighted by molar-refractivity contribution is -0.116. The van der Waals surface area contributed by atoms with E-state index in [1.807, 2.05) is 37.4 Å². The number of rotatable bonds is 1. The molecule has 0 spiro atoms. The molecule has 0 saturated carbocycles. The zero-order valence-electron chi connectivity index (χ0n) is 13.8. The van der Waals surface area contributed by atoms with E-state index in [-0.39, 0.29) is 17.6 Å². The molecule has 1 aliphatic heterocycles. The fourth-order valence-electron chi connectivity index (χ4n) is 3.42. The molecule has 6 nitrogen and oxygen atoms in total. The third-order valence-corrected chi connectivity index (χ3v) is 4.59. The minimum Gasteiger partial charge on any atom is -0.508 e. The average Bonchev–Trinajstić information content (AvgIpc) is 2.92. The molecule has 24 heavy (non-hydrogen) atoms. The van der Waals surface area contributed by atoms with Gasteiger partial charge in [-0.05, 0) is 44.0 Å². The van der Waals surface area contributed by atoms with Crippen molar-refractivity contribution in [2.24, 2.45) is 0 Å². The van der Waals surface area contributed by atoms with Gasteiger partial charge in [0.25, 0.3) is 0 Å². The molecule has 122 valence electrons. The van der Waals surface area contributed by atoms with Gasteiger partial charge >= 0.3 is 0 Å². The quantitative estimate of drug-likeness (QED) is 0.722. The predicted molar refractivity (Wildman–Crippen MR) is 90.4 cm³/mol. The summed E-state index contributed by atoms with van der Waals surface area (Å²) in [6, 6.07) is 5.53. The van der Waals surface area contributed by atoms with Gasteiger partial charge in [-0.15, -0.1) is 0 Å². The van der Waals surface area contributed by atoms with Crippen LogP contribution < -0.4 is 5.32 Å². The van der Waals surface area contributed by atoms with Gasteiger partial charge in [-0.25, -0.2) is 9.50 Å². The average molecular weight is 322 g/mol. The number of carbonyl (C=O) groups is 1. The van der Waals surface area contributed by atoms with Crippen LogP contribution in [0.25, 0.3) is 5.65 Å². The summed E-state index contributed by atoms with van der Waals surface area (Å²) in [4.78, 5) is 16.8. The minimum atomic E-state index is -0.126. The number of hydrogen-bond donors (Lipinski definition) is 2. The van der Waals surface area contributed by atoms with Crippen LogP contribution in [0.3, 0.4) is 0 Å². The molecule has 6 heteroatoms. The first-order valence-electron chi connectivity index (χ1n) is 7.89. The van der Waals surface area contributed by atoms with E-state index in [2.05, 4.69) is 15.4 Å². The van der Waals surface area contributed by atoms with Crippen molar-refractivity contribution in [2.75, 3.05) is 5.32 Å². The maximum atomic E-state index is 12.2. The van der Waals surface area contributed by atoms with Crippen molar-refractivity contribution in [3.05, 3.63) is 52.5 Å². The Morgan fingerprint density at radius 3 is 2.79 bits per heavy atom. The number of phenolic OH excluding ortho intramolecular Hbond substituents is 1. The Morgan fingerprint density at radius 1 is 1.21 bits per heavy atom. The zero-order chi connectivity index (χ0) is 17.0. The van der Waals surface area contributed by atoms with E-state index in [9.17, 15) is 9.90 Å². The number of fused-ring (bicyclic) bond motifs is 2. The fraction of sp³-hybridized carbons (Fsp3) is 0.278. The van der Waals surface area contributed by atoms with Crippen LogP contribution in [-0.4, -0.2) is 25.6 Å². The molecular formula is C18H18N4O2. The van der Waals surface area contributed by atoms with Crippen molar-refractivity contribution in [1.29, 1.82) is 0 Å². The Morgan fingerprint density at radius 2 is 2.00 bits per heavy atom. The number of hydrogen-bond acceptors (Lipinski definition) is 4. The smallest absolute Gasteiger partial charge is 0.225 e. The van der Waals surface area contributed by atoms with Gasteiger partial charge in [0.2, 0.25) is 5.91 Å². The summed E-state index contributed by atoms with van der Waals surface area (Å²) in [5.41, 5.74) is 6.07. The molecule has 1 atom stereocenters. The summed E-state index contributed by atoms with van der Waals surface area (Å²) in [6.45, 7) is 5.79. The molecule has 2 N–H and O–H groups in total. The van der Waals surface area contributed by atoms with E-state index < -0.39 is 0 Å². The van der Waals surface area contributed by atoms with Crippen LogP contribution in [-0.2, 0) is 4.79 Å². The maximum absolute atomic E-state index is 12.2. The van der Waals surface area contributed by atoms with Crippen LogP contribution in [0, 0.1) is 20.8 Å². The SMILES string of the molecule is Cc1cc(C)n2ncc(C3CC(=O)Nc4cc(O)c(C)cc43)c2n1. The topological polar surface area (TPSA) is 79.5 Å². The van der Waals surface area contributed by atoms with E-state index in [0.29, 0.717) is 12.1 Å². The number of benzene rings is 1. The van der Waals surface area contributed by atoms with Crippen LogP contribution in [0.1, 0.15) is 40.4 Å². The highest BCUT2D eigenvalue weighted by molar-refractivity contribution is 5.96. The van der Waals surface area contributed by atoms with Gasteiger partial charge in [-0.2, -0.15) is 5.10 Å². The Kier molecular flexibility index (Phi) is 3.09. The predicted octanol–water partition coefficient (Wildman–Crippen LogP) is 2.83. The summed E-state index contributed by atoms with van der Waals surface area (Å²) < 4.78 is 1.81. The van der Waals surface area contributed by atoms with Gasteiger partial charge in [0.15, 0.2) is 5.65 Å². The number of anilines is 1. The Balaban J connectivity index is 1.95. The number of aromatic nitrogens is 3. The van der Waals surface area contributed by atoms with Gasteiger partial charge in [-0.1, -0.05) is 0 Å². The molecule has 3 aromatic rings. The number of carbonyl (C=O) groups excluding carboxylic acids is 1. The first kappa shape index (κ1) is 14.7. The standard InChI is InChI=1S/C18H18N4O2/c1-9-4-13-12(6-17(24)21-15(13)7-16(9)23)14-8-19-22-11(3)5-10(2)20-18(14)22/h4-5,7-8,12,23H,6H2,1-3H3,(H,21,24). The monoisotopic (exact) mass is 322 g/mol. The van der Waals surface area contributed by atoms with E-state index in [4.69, 9.17) is 0 Å². The summed E-state index contributed by atoms with van der Waals surface area (Å²) in [7, 11) is 0. The summed E-state index contributed by atoms with van der Waals surface area (Å²) in [6.07, 6.45) is 2.14. The lowest BCUT2D eigenvalue weighted by Crippen LogP contribution is -2.23. The Labute approximate surface area is 139 Å². The third kappa shape index (κ3) is 2.14. The van der Waals surface area contributed by atoms with Gasteiger partial charge in [0, 0.05) is 41.0 Å². The van der Waals surface area contributed by atoms with Gasteiger partial charge in [0.1, 0.15) is 5.75 Å². The highest BCUT2D eigenvalue weighted by Crippen LogP contribution is 2.41. The summed E-state index contributed by atoms with van der Waals surface area (Å²) >= 11 is 0. The molecule has 0 radical (unpaired) electrons. The summed E-state index contributed by atoms with van der Waals surface area (Å²) in [5.74, 6) is -0.0156. The molecule has 0 bridgehead atoms. The first-order chi connectivity index (χ1) is 11.4. The highest BCUT2D eigenvalue weighted by atomic mass is 16.3. The zero-order valence-corrected chi connectivity index (χ0v) is 13.8. The lowest BCUT2D eigenvalue weighted by atomic mass is 9.85. The van der Waals surface area contributed by atoms with Crippen LogP contribution in [0.5, 0.6) is 5.75 Å². The van der Waals surface area contributed by atoms with Crippen LogP contribution in [0.4, 0.5) is 5.69 Å². The second-order valence-corrected chi connectivity index (χ2v) is 6.41. The molecule has 0 aliphatic carbocycles. The molecule has 3 heterocycles.